The van der Waals surface area contributed by atoms with Crippen molar-refractivity contribution in [3.05, 3.63) is 94.5 Å². The summed E-state index contributed by atoms with van der Waals surface area (Å²) in [6, 6.07) is 22.8. The van der Waals surface area contributed by atoms with Crippen LogP contribution < -0.4 is 9.47 Å². The second kappa shape index (κ2) is 16.8. The average Bonchev–Trinajstić information content (AvgIpc) is 2.83. The van der Waals surface area contributed by atoms with E-state index in [1.165, 1.54) is 40.7 Å². The van der Waals surface area contributed by atoms with E-state index in [4.69, 9.17) is 14.6 Å². The van der Waals surface area contributed by atoms with Crippen LogP contribution in [0.1, 0.15) is 54.5 Å². The van der Waals surface area contributed by atoms with Crippen molar-refractivity contribution in [3.63, 3.8) is 0 Å². The molecule has 0 atom stereocenters. The lowest BCUT2D eigenvalue weighted by molar-refractivity contribution is 0.299. The summed E-state index contributed by atoms with van der Waals surface area (Å²) in [6.07, 6.45) is 5.35. The Morgan fingerprint density at radius 1 is 0.667 bits per heavy atom. The molecule has 3 heteroatoms. The van der Waals surface area contributed by atoms with Gasteiger partial charge in [-0.1, -0.05) is 86.8 Å². The van der Waals surface area contributed by atoms with Gasteiger partial charge in [0.25, 0.3) is 0 Å². The fourth-order valence-electron chi connectivity index (χ4n) is 3.37. The molecular weight excluding hydrogens is 408 g/mol. The molecule has 1 N–H and O–H groups in total. The highest BCUT2D eigenvalue weighted by molar-refractivity contribution is 5.36. The van der Waals surface area contributed by atoms with Crippen molar-refractivity contribution in [2.24, 2.45) is 0 Å². The Hall–Kier alpha value is -2.78. The SMILES string of the molecule is CCCc1ccc(C)c(OC)c1.CCCc1ccccc1OC.Cc1ccc(CCO)cc1. The number of rotatable bonds is 8. The quantitative estimate of drug-likeness (QED) is 0.396. The first kappa shape index (κ1) is 28.3. The van der Waals surface area contributed by atoms with Crippen LogP contribution in [0.4, 0.5) is 0 Å². The van der Waals surface area contributed by atoms with Crippen molar-refractivity contribution in [3.8, 4) is 11.5 Å². The van der Waals surface area contributed by atoms with Crippen LogP contribution in [-0.2, 0) is 19.3 Å². The van der Waals surface area contributed by atoms with Gasteiger partial charge in [-0.25, -0.2) is 0 Å². The molecule has 0 aliphatic rings. The lowest BCUT2D eigenvalue weighted by Gasteiger charge is -2.06. The first-order valence-electron chi connectivity index (χ1n) is 11.9. The topological polar surface area (TPSA) is 38.7 Å². The van der Waals surface area contributed by atoms with Gasteiger partial charge >= 0.3 is 0 Å². The highest BCUT2D eigenvalue weighted by Crippen LogP contribution is 2.20. The minimum Gasteiger partial charge on any atom is -0.496 e. The summed E-state index contributed by atoms with van der Waals surface area (Å²) in [5, 5.41) is 8.59. The Morgan fingerprint density at radius 3 is 1.85 bits per heavy atom. The second-order valence-electron chi connectivity index (χ2n) is 8.08. The van der Waals surface area contributed by atoms with Gasteiger partial charge in [0.2, 0.25) is 0 Å². The summed E-state index contributed by atoms with van der Waals surface area (Å²) in [5.74, 6) is 2.01. The smallest absolute Gasteiger partial charge is 0.122 e. The number of aliphatic hydroxyl groups is 1. The van der Waals surface area contributed by atoms with E-state index in [2.05, 4.69) is 64.1 Å². The van der Waals surface area contributed by atoms with E-state index in [9.17, 15) is 0 Å². The summed E-state index contributed by atoms with van der Waals surface area (Å²) in [4.78, 5) is 0. The predicted octanol–water partition coefficient (Wildman–Crippen LogP) is 7.13. The normalized spacial score (nSPS) is 9.79. The van der Waals surface area contributed by atoms with Crippen LogP contribution in [-0.4, -0.2) is 25.9 Å². The molecular formula is C30H42O3. The minimum absolute atomic E-state index is 0.239. The van der Waals surface area contributed by atoms with Gasteiger partial charge in [-0.05, 0) is 67.5 Å². The molecule has 0 saturated heterocycles. The molecule has 33 heavy (non-hydrogen) atoms. The first-order chi connectivity index (χ1) is 16.0. The number of hydrogen-bond donors (Lipinski definition) is 1. The van der Waals surface area contributed by atoms with E-state index in [1.54, 1.807) is 14.2 Å². The van der Waals surface area contributed by atoms with Gasteiger partial charge in [-0.2, -0.15) is 0 Å². The van der Waals surface area contributed by atoms with Gasteiger partial charge in [0, 0.05) is 6.61 Å². The van der Waals surface area contributed by atoms with Crippen molar-refractivity contribution in [1.82, 2.24) is 0 Å². The Labute approximate surface area is 201 Å². The Balaban J connectivity index is 0.000000249. The molecule has 0 saturated carbocycles. The Kier molecular flexibility index (Phi) is 14.4. The number of aliphatic hydroxyl groups excluding tert-OH is 1. The Bertz CT molecular complexity index is 901. The maximum Gasteiger partial charge on any atom is 0.122 e. The van der Waals surface area contributed by atoms with Crippen LogP contribution >= 0.6 is 0 Å². The zero-order valence-electron chi connectivity index (χ0n) is 21.4. The fourth-order valence-corrected chi connectivity index (χ4v) is 3.37. The molecule has 3 aromatic rings. The first-order valence-corrected chi connectivity index (χ1v) is 11.9. The molecule has 3 rings (SSSR count). The number of benzene rings is 3. The highest BCUT2D eigenvalue weighted by Gasteiger charge is 1.99. The van der Waals surface area contributed by atoms with E-state index in [0.717, 1.165) is 30.8 Å². The van der Waals surface area contributed by atoms with Crippen molar-refractivity contribution < 1.29 is 14.6 Å². The number of para-hydroxylation sites is 1. The monoisotopic (exact) mass is 450 g/mol. The molecule has 0 aliphatic heterocycles. The van der Waals surface area contributed by atoms with Gasteiger partial charge in [0.1, 0.15) is 11.5 Å². The van der Waals surface area contributed by atoms with E-state index < -0.39 is 0 Å². The zero-order valence-corrected chi connectivity index (χ0v) is 21.4. The van der Waals surface area contributed by atoms with Crippen molar-refractivity contribution in [2.75, 3.05) is 20.8 Å². The summed E-state index contributed by atoms with van der Waals surface area (Å²) in [6.45, 7) is 8.72. The molecule has 0 heterocycles. The molecule has 0 aliphatic carbocycles. The van der Waals surface area contributed by atoms with Gasteiger partial charge in [-0.15, -0.1) is 0 Å². The third-order valence-electron chi connectivity index (χ3n) is 5.24. The molecule has 3 nitrogen and oxygen atoms in total. The standard InChI is InChI=1S/C11H16O.C10H14O.C9H12O/c1-4-5-10-7-6-9(2)11(8-10)12-3;1-3-6-9-7-4-5-8-10(9)11-2;1-8-2-4-9(5-3-8)6-7-10/h6-8H,4-5H2,1-3H3;4-5,7-8H,3,6H2,1-2H3;2-5,10H,6-7H2,1H3. The van der Waals surface area contributed by atoms with Crippen LogP contribution in [0, 0.1) is 13.8 Å². The molecule has 0 bridgehead atoms. The maximum absolute atomic E-state index is 8.59. The highest BCUT2D eigenvalue weighted by atomic mass is 16.5. The average molecular weight is 451 g/mol. The number of ether oxygens (including phenoxy) is 2. The fraction of sp³-hybridized carbons (Fsp3) is 0.400. The number of hydrogen-bond acceptors (Lipinski definition) is 3. The molecule has 3 aromatic carbocycles. The third-order valence-corrected chi connectivity index (χ3v) is 5.24. The maximum atomic E-state index is 8.59. The van der Waals surface area contributed by atoms with Crippen molar-refractivity contribution in [2.45, 2.75) is 59.8 Å². The van der Waals surface area contributed by atoms with Crippen LogP contribution in [0.3, 0.4) is 0 Å². The van der Waals surface area contributed by atoms with Crippen molar-refractivity contribution in [1.29, 1.82) is 0 Å². The minimum atomic E-state index is 0.239. The van der Waals surface area contributed by atoms with E-state index in [-0.39, 0.29) is 6.61 Å². The summed E-state index contributed by atoms with van der Waals surface area (Å²) >= 11 is 0. The van der Waals surface area contributed by atoms with Gasteiger partial charge < -0.3 is 14.6 Å². The van der Waals surface area contributed by atoms with Crippen LogP contribution in [0.25, 0.3) is 0 Å². The van der Waals surface area contributed by atoms with Crippen LogP contribution in [0.5, 0.6) is 11.5 Å². The summed E-state index contributed by atoms with van der Waals surface area (Å²) < 4.78 is 10.4. The lowest BCUT2D eigenvalue weighted by Crippen LogP contribution is -1.90. The largest absolute Gasteiger partial charge is 0.496 e. The predicted molar refractivity (Wildman–Crippen MR) is 141 cm³/mol. The van der Waals surface area contributed by atoms with Crippen LogP contribution in [0.15, 0.2) is 66.7 Å². The number of aryl methyl sites for hydroxylation is 4. The third kappa shape index (κ3) is 11.1. The molecule has 0 radical (unpaired) electrons. The Morgan fingerprint density at radius 2 is 1.27 bits per heavy atom. The number of methoxy groups -OCH3 is 2. The molecule has 0 fully saturated rings. The van der Waals surface area contributed by atoms with Crippen molar-refractivity contribution >= 4 is 0 Å². The lowest BCUT2D eigenvalue weighted by atomic mass is 10.1. The molecule has 0 amide bonds. The molecule has 0 aromatic heterocycles. The molecule has 180 valence electrons. The van der Waals surface area contributed by atoms with Gasteiger partial charge in [-0.3, -0.25) is 0 Å². The van der Waals surface area contributed by atoms with E-state index in [1.807, 2.05) is 30.3 Å². The van der Waals surface area contributed by atoms with E-state index in [0.29, 0.717) is 0 Å². The molecule has 0 unspecified atom stereocenters. The molecule has 0 spiro atoms. The van der Waals surface area contributed by atoms with E-state index >= 15 is 0 Å². The van der Waals surface area contributed by atoms with Gasteiger partial charge in [0.15, 0.2) is 0 Å². The summed E-state index contributed by atoms with van der Waals surface area (Å²) in [5.41, 5.74) is 6.34. The van der Waals surface area contributed by atoms with Gasteiger partial charge in [0.05, 0.1) is 14.2 Å². The summed E-state index contributed by atoms with van der Waals surface area (Å²) in [7, 11) is 3.44. The second-order valence-corrected chi connectivity index (χ2v) is 8.08. The van der Waals surface area contributed by atoms with Crippen LogP contribution in [0.2, 0.25) is 0 Å². The zero-order chi connectivity index (χ0) is 24.5.